The third-order valence-corrected chi connectivity index (χ3v) is 2.08. The van der Waals surface area contributed by atoms with Crippen LogP contribution in [0.25, 0.3) is 0 Å². The molecule has 2 heteroatoms. The normalized spacial score (nSPS) is 30.3. The molecule has 10 heavy (non-hydrogen) atoms. The van der Waals surface area contributed by atoms with Crippen LogP contribution in [0.5, 0.6) is 0 Å². The van der Waals surface area contributed by atoms with Crippen molar-refractivity contribution < 1.29 is 4.79 Å². The predicted molar refractivity (Wildman–Crippen MR) is 40.6 cm³/mol. The Labute approximate surface area is 62.0 Å². The number of amides is 1. The predicted octanol–water partition coefficient (Wildman–Crippen LogP) is 1.31. The molecule has 1 heterocycles. The lowest BCUT2D eigenvalue weighted by Crippen LogP contribution is -2.34. The van der Waals surface area contributed by atoms with E-state index in [0.717, 1.165) is 12.8 Å². The molecule has 1 fully saturated rings. The highest BCUT2D eigenvalue weighted by molar-refractivity contribution is 5.81. The summed E-state index contributed by atoms with van der Waals surface area (Å²) in [5.74, 6) is 0.488. The lowest BCUT2D eigenvalue weighted by atomic mass is 9.95. The van der Waals surface area contributed by atoms with Gasteiger partial charge in [0, 0.05) is 11.5 Å². The van der Waals surface area contributed by atoms with Crippen LogP contribution < -0.4 is 5.32 Å². The quantitative estimate of drug-likeness (QED) is 0.586. The zero-order valence-electron chi connectivity index (χ0n) is 6.90. The van der Waals surface area contributed by atoms with Crippen molar-refractivity contribution in [1.82, 2.24) is 5.32 Å². The highest BCUT2D eigenvalue weighted by Crippen LogP contribution is 2.25. The average molecular weight is 141 g/mol. The van der Waals surface area contributed by atoms with Crippen molar-refractivity contribution in [1.29, 1.82) is 0 Å². The summed E-state index contributed by atoms with van der Waals surface area (Å²) < 4.78 is 0. The Hall–Kier alpha value is -0.530. The van der Waals surface area contributed by atoms with Gasteiger partial charge >= 0.3 is 0 Å². The maximum absolute atomic E-state index is 11.1. The molecular formula is C8H15NO. The van der Waals surface area contributed by atoms with Crippen LogP contribution in [0.1, 0.15) is 33.6 Å². The fourth-order valence-electron chi connectivity index (χ4n) is 1.53. The van der Waals surface area contributed by atoms with Crippen LogP contribution in [0.3, 0.4) is 0 Å². The Morgan fingerprint density at radius 1 is 1.70 bits per heavy atom. The Morgan fingerprint density at radius 2 is 2.30 bits per heavy atom. The number of hydrogen-bond acceptors (Lipinski definition) is 1. The van der Waals surface area contributed by atoms with Gasteiger partial charge in [-0.1, -0.05) is 6.92 Å². The van der Waals surface area contributed by atoms with E-state index in [1.165, 1.54) is 0 Å². The standard InChI is InChI=1S/C8H15NO/c1-4-6-5-8(2,3)9-7(6)10/h6H,4-5H2,1-3H3,(H,9,10). The van der Waals surface area contributed by atoms with Crippen LogP contribution in [-0.2, 0) is 4.79 Å². The topological polar surface area (TPSA) is 29.1 Å². The van der Waals surface area contributed by atoms with Gasteiger partial charge in [0.2, 0.25) is 5.91 Å². The Balaban J connectivity index is 2.61. The molecule has 1 aliphatic heterocycles. The number of carbonyl (C=O) groups excluding carboxylic acids is 1. The van der Waals surface area contributed by atoms with E-state index in [0.29, 0.717) is 0 Å². The Bertz CT molecular complexity index is 151. The minimum absolute atomic E-state index is 0.0394. The molecule has 1 atom stereocenters. The van der Waals surface area contributed by atoms with E-state index in [1.807, 2.05) is 0 Å². The first-order valence-corrected chi connectivity index (χ1v) is 3.87. The van der Waals surface area contributed by atoms with Crippen molar-refractivity contribution in [2.45, 2.75) is 39.2 Å². The minimum atomic E-state index is 0.0394. The largest absolute Gasteiger partial charge is 0.351 e. The highest BCUT2D eigenvalue weighted by atomic mass is 16.2. The molecule has 0 saturated carbocycles. The second-order valence-electron chi connectivity index (χ2n) is 3.68. The van der Waals surface area contributed by atoms with Gasteiger partial charge in [-0.05, 0) is 26.7 Å². The van der Waals surface area contributed by atoms with Crippen molar-refractivity contribution >= 4 is 5.91 Å². The molecule has 0 bridgehead atoms. The summed E-state index contributed by atoms with van der Waals surface area (Å²) in [5.41, 5.74) is 0.0394. The van der Waals surface area contributed by atoms with E-state index in [4.69, 9.17) is 0 Å². The van der Waals surface area contributed by atoms with Crippen LogP contribution in [0.4, 0.5) is 0 Å². The van der Waals surface area contributed by atoms with Crippen LogP contribution in [0.2, 0.25) is 0 Å². The van der Waals surface area contributed by atoms with Crippen molar-refractivity contribution in [2.24, 2.45) is 5.92 Å². The Kier molecular flexibility index (Phi) is 1.71. The molecule has 0 aromatic rings. The summed E-state index contributed by atoms with van der Waals surface area (Å²) in [4.78, 5) is 11.1. The summed E-state index contributed by atoms with van der Waals surface area (Å²) in [6, 6.07) is 0. The van der Waals surface area contributed by atoms with Crippen LogP contribution in [-0.4, -0.2) is 11.4 Å². The molecule has 0 aromatic carbocycles. The smallest absolute Gasteiger partial charge is 0.223 e. The van der Waals surface area contributed by atoms with Crippen LogP contribution in [0, 0.1) is 5.92 Å². The van der Waals surface area contributed by atoms with Gasteiger partial charge in [-0.25, -0.2) is 0 Å². The van der Waals surface area contributed by atoms with Crippen molar-refractivity contribution in [2.75, 3.05) is 0 Å². The summed E-state index contributed by atoms with van der Waals surface area (Å²) in [6.07, 6.45) is 1.96. The third-order valence-electron chi connectivity index (χ3n) is 2.08. The molecule has 1 rings (SSSR count). The van der Waals surface area contributed by atoms with Gasteiger partial charge < -0.3 is 5.32 Å². The molecule has 0 aromatic heterocycles. The number of nitrogens with one attached hydrogen (secondary N) is 1. The molecule has 0 spiro atoms. The van der Waals surface area contributed by atoms with Gasteiger partial charge in [0.05, 0.1) is 0 Å². The fourth-order valence-corrected chi connectivity index (χ4v) is 1.53. The second-order valence-corrected chi connectivity index (χ2v) is 3.68. The maximum atomic E-state index is 11.1. The molecule has 1 aliphatic rings. The van der Waals surface area contributed by atoms with E-state index in [2.05, 4.69) is 26.1 Å². The van der Waals surface area contributed by atoms with E-state index in [-0.39, 0.29) is 17.4 Å². The molecule has 0 aliphatic carbocycles. The van der Waals surface area contributed by atoms with E-state index >= 15 is 0 Å². The van der Waals surface area contributed by atoms with E-state index in [9.17, 15) is 4.79 Å². The maximum Gasteiger partial charge on any atom is 0.223 e. The van der Waals surface area contributed by atoms with E-state index in [1.54, 1.807) is 0 Å². The first-order valence-electron chi connectivity index (χ1n) is 3.87. The van der Waals surface area contributed by atoms with Gasteiger partial charge in [0.1, 0.15) is 0 Å². The fraction of sp³-hybridized carbons (Fsp3) is 0.875. The highest BCUT2D eigenvalue weighted by Gasteiger charge is 2.35. The summed E-state index contributed by atoms with van der Waals surface area (Å²) >= 11 is 0. The van der Waals surface area contributed by atoms with Crippen molar-refractivity contribution in [3.8, 4) is 0 Å². The lowest BCUT2D eigenvalue weighted by Gasteiger charge is -2.15. The molecular weight excluding hydrogens is 126 g/mol. The molecule has 0 radical (unpaired) electrons. The van der Waals surface area contributed by atoms with Crippen molar-refractivity contribution in [3.05, 3.63) is 0 Å². The van der Waals surface area contributed by atoms with Gasteiger partial charge in [0.15, 0.2) is 0 Å². The van der Waals surface area contributed by atoms with Gasteiger partial charge in [0.25, 0.3) is 0 Å². The summed E-state index contributed by atoms with van der Waals surface area (Å²) in [6.45, 7) is 6.20. The zero-order valence-corrected chi connectivity index (χ0v) is 6.90. The number of rotatable bonds is 1. The molecule has 1 N–H and O–H groups in total. The molecule has 1 saturated heterocycles. The molecule has 1 amide bonds. The molecule has 1 unspecified atom stereocenters. The van der Waals surface area contributed by atoms with Crippen LogP contribution in [0.15, 0.2) is 0 Å². The SMILES string of the molecule is CCC1CC(C)(C)NC1=O. The Morgan fingerprint density at radius 3 is 2.50 bits per heavy atom. The number of hydrogen-bond donors (Lipinski definition) is 1. The molecule has 2 nitrogen and oxygen atoms in total. The monoisotopic (exact) mass is 141 g/mol. The van der Waals surface area contributed by atoms with Crippen molar-refractivity contribution in [3.63, 3.8) is 0 Å². The zero-order chi connectivity index (χ0) is 7.78. The van der Waals surface area contributed by atoms with Gasteiger partial charge in [-0.2, -0.15) is 0 Å². The second kappa shape index (κ2) is 2.26. The summed E-state index contributed by atoms with van der Waals surface area (Å²) in [7, 11) is 0. The first kappa shape index (κ1) is 7.58. The van der Waals surface area contributed by atoms with E-state index < -0.39 is 0 Å². The average Bonchev–Trinajstić information content (AvgIpc) is 2.05. The van der Waals surface area contributed by atoms with Gasteiger partial charge in [-0.3, -0.25) is 4.79 Å². The minimum Gasteiger partial charge on any atom is -0.351 e. The number of carbonyl (C=O) groups is 1. The third kappa shape index (κ3) is 1.31. The molecule has 58 valence electrons. The summed E-state index contributed by atoms with van der Waals surface area (Å²) in [5, 5.41) is 2.96. The van der Waals surface area contributed by atoms with Crippen LogP contribution >= 0.6 is 0 Å². The first-order chi connectivity index (χ1) is 4.55. The lowest BCUT2D eigenvalue weighted by molar-refractivity contribution is -0.122. The van der Waals surface area contributed by atoms with Gasteiger partial charge in [-0.15, -0.1) is 0 Å².